The van der Waals surface area contributed by atoms with Crippen LogP contribution in [0.15, 0.2) is 24.4 Å². The number of nitrogens with zero attached hydrogens (tertiary/aromatic N) is 2. The average molecular weight is 310 g/mol. The van der Waals surface area contributed by atoms with Gasteiger partial charge in [0.1, 0.15) is 5.75 Å². The van der Waals surface area contributed by atoms with E-state index in [0.29, 0.717) is 10.8 Å². The summed E-state index contributed by atoms with van der Waals surface area (Å²) < 4.78 is 12.2. The molecule has 0 spiro atoms. The Morgan fingerprint density at radius 3 is 2.81 bits per heavy atom. The Hall–Kier alpha value is -1.72. The summed E-state index contributed by atoms with van der Waals surface area (Å²) in [4.78, 5) is 4.49. The van der Waals surface area contributed by atoms with Crippen molar-refractivity contribution in [3.63, 3.8) is 0 Å². The van der Waals surface area contributed by atoms with E-state index >= 15 is 0 Å². The van der Waals surface area contributed by atoms with Crippen molar-refractivity contribution in [1.82, 2.24) is 9.55 Å². The molecule has 5 nitrogen and oxygen atoms in total. The molecule has 2 aromatic rings. The Bertz CT molecular complexity index is 599. The number of hydrogen-bond acceptors (Lipinski definition) is 4. The van der Waals surface area contributed by atoms with Crippen LogP contribution in [0.3, 0.4) is 0 Å². The van der Waals surface area contributed by atoms with Crippen LogP contribution in [0.5, 0.6) is 5.75 Å². The van der Waals surface area contributed by atoms with Crippen LogP contribution in [0.25, 0.3) is 5.69 Å². The number of anilines is 1. The number of halogens is 1. The van der Waals surface area contributed by atoms with Gasteiger partial charge in [0, 0.05) is 26.5 Å². The molecule has 0 bridgehead atoms. The molecule has 0 unspecified atom stereocenters. The highest BCUT2D eigenvalue weighted by Crippen LogP contribution is 2.28. The minimum atomic E-state index is 0.576. The predicted octanol–water partition coefficient (Wildman–Crippen LogP) is 3.29. The molecule has 21 heavy (non-hydrogen) atoms. The SMILES string of the molecule is COCCCNc1nc(C)cn1-c1ccc(OC)c(Cl)c1. The summed E-state index contributed by atoms with van der Waals surface area (Å²) in [5, 5.41) is 3.89. The van der Waals surface area contributed by atoms with Gasteiger partial charge in [0.25, 0.3) is 0 Å². The van der Waals surface area contributed by atoms with E-state index in [0.717, 1.165) is 36.9 Å². The maximum Gasteiger partial charge on any atom is 0.207 e. The van der Waals surface area contributed by atoms with Crippen molar-refractivity contribution in [3.8, 4) is 11.4 Å². The smallest absolute Gasteiger partial charge is 0.207 e. The van der Waals surface area contributed by atoms with Gasteiger partial charge in [-0.1, -0.05) is 11.6 Å². The Balaban J connectivity index is 2.20. The quantitative estimate of drug-likeness (QED) is 0.797. The summed E-state index contributed by atoms with van der Waals surface area (Å²) in [7, 11) is 3.30. The van der Waals surface area contributed by atoms with Crippen molar-refractivity contribution < 1.29 is 9.47 Å². The number of aromatic nitrogens is 2. The van der Waals surface area contributed by atoms with Crippen molar-refractivity contribution in [2.45, 2.75) is 13.3 Å². The number of aryl methyl sites for hydroxylation is 1. The van der Waals surface area contributed by atoms with Gasteiger partial charge in [-0.15, -0.1) is 0 Å². The molecule has 114 valence electrons. The van der Waals surface area contributed by atoms with Crippen LogP contribution in [0.2, 0.25) is 5.02 Å². The van der Waals surface area contributed by atoms with Crippen LogP contribution in [-0.2, 0) is 4.74 Å². The molecule has 0 saturated heterocycles. The number of nitrogens with one attached hydrogen (secondary N) is 1. The van der Waals surface area contributed by atoms with E-state index in [1.54, 1.807) is 14.2 Å². The highest BCUT2D eigenvalue weighted by molar-refractivity contribution is 6.32. The number of benzene rings is 1. The third kappa shape index (κ3) is 3.89. The van der Waals surface area contributed by atoms with E-state index in [-0.39, 0.29) is 0 Å². The molecule has 0 aliphatic heterocycles. The number of imidazole rings is 1. The molecule has 1 heterocycles. The highest BCUT2D eigenvalue weighted by atomic mass is 35.5. The lowest BCUT2D eigenvalue weighted by Gasteiger charge is -2.11. The number of ether oxygens (including phenoxy) is 2. The second kappa shape index (κ2) is 7.33. The molecule has 0 aliphatic rings. The topological polar surface area (TPSA) is 48.3 Å². The zero-order valence-electron chi connectivity index (χ0n) is 12.5. The van der Waals surface area contributed by atoms with Gasteiger partial charge in [0.2, 0.25) is 5.95 Å². The summed E-state index contributed by atoms with van der Waals surface area (Å²) >= 11 is 6.19. The molecular formula is C15H20ClN3O2. The van der Waals surface area contributed by atoms with Gasteiger partial charge in [0.15, 0.2) is 0 Å². The van der Waals surface area contributed by atoms with Crippen molar-refractivity contribution in [2.24, 2.45) is 0 Å². The van der Waals surface area contributed by atoms with Gasteiger partial charge < -0.3 is 14.8 Å². The number of methoxy groups -OCH3 is 2. The average Bonchev–Trinajstić information content (AvgIpc) is 2.84. The van der Waals surface area contributed by atoms with Gasteiger partial charge in [-0.3, -0.25) is 4.57 Å². The fourth-order valence-electron chi connectivity index (χ4n) is 2.04. The predicted molar refractivity (Wildman–Crippen MR) is 84.8 cm³/mol. The van der Waals surface area contributed by atoms with Crippen LogP contribution in [0, 0.1) is 6.92 Å². The van der Waals surface area contributed by atoms with Gasteiger partial charge >= 0.3 is 0 Å². The van der Waals surface area contributed by atoms with Gasteiger partial charge in [-0.05, 0) is 31.5 Å². The van der Waals surface area contributed by atoms with Crippen LogP contribution in [0.1, 0.15) is 12.1 Å². The molecule has 0 amide bonds. The van der Waals surface area contributed by atoms with Crippen LogP contribution < -0.4 is 10.1 Å². The molecule has 1 N–H and O–H groups in total. The van der Waals surface area contributed by atoms with Crippen molar-refractivity contribution in [2.75, 3.05) is 32.7 Å². The van der Waals surface area contributed by atoms with E-state index in [9.17, 15) is 0 Å². The Morgan fingerprint density at radius 2 is 2.14 bits per heavy atom. The van der Waals surface area contributed by atoms with Crippen molar-refractivity contribution >= 4 is 17.5 Å². The summed E-state index contributed by atoms with van der Waals surface area (Å²) in [5.74, 6) is 1.46. The molecular weight excluding hydrogens is 290 g/mol. The second-order valence-corrected chi connectivity index (χ2v) is 5.08. The third-order valence-electron chi connectivity index (χ3n) is 3.05. The molecule has 2 rings (SSSR count). The third-order valence-corrected chi connectivity index (χ3v) is 3.34. The fraction of sp³-hybridized carbons (Fsp3) is 0.400. The summed E-state index contributed by atoms with van der Waals surface area (Å²) in [6, 6.07) is 5.66. The first kappa shape index (κ1) is 15.7. The fourth-order valence-corrected chi connectivity index (χ4v) is 2.29. The Morgan fingerprint density at radius 1 is 1.33 bits per heavy atom. The zero-order chi connectivity index (χ0) is 15.2. The molecule has 0 radical (unpaired) electrons. The highest BCUT2D eigenvalue weighted by Gasteiger charge is 2.09. The standard InChI is InChI=1S/C15H20ClN3O2/c1-11-10-19(15(18-11)17-7-4-8-20-2)12-5-6-14(21-3)13(16)9-12/h5-6,9-10H,4,7-8H2,1-3H3,(H,17,18). The summed E-state index contributed by atoms with van der Waals surface area (Å²) in [6.07, 6.45) is 2.89. The van der Waals surface area contributed by atoms with E-state index < -0.39 is 0 Å². The monoisotopic (exact) mass is 309 g/mol. The molecule has 0 fully saturated rings. The van der Waals surface area contributed by atoms with E-state index in [1.165, 1.54) is 0 Å². The normalized spacial score (nSPS) is 10.7. The van der Waals surface area contributed by atoms with Gasteiger partial charge in [0.05, 0.1) is 23.5 Å². The molecule has 0 aliphatic carbocycles. The largest absolute Gasteiger partial charge is 0.495 e. The van der Waals surface area contributed by atoms with Crippen LogP contribution >= 0.6 is 11.6 Å². The van der Waals surface area contributed by atoms with E-state index in [4.69, 9.17) is 21.1 Å². The van der Waals surface area contributed by atoms with Crippen LogP contribution in [0.4, 0.5) is 5.95 Å². The van der Waals surface area contributed by atoms with Crippen molar-refractivity contribution in [3.05, 3.63) is 35.1 Å². The molecule has 0 saturated carbocycles. The van der Waals surface area contributed by atoms with Gasteiger partial charge in [-0.25, -0.2) is 4.98 Å². The lowest BCUT2D eigenvalue weighted by atomic mass is 10.3. The Labute approximate surface area is 129 Å². The van der Waals surface area contributed by atoms with E-state index in [1.807, 2.05) is 35.9 Å². The zero-order valence-corrected chi connectivity index (χ0v) is 13.3. The summed E-state index contributed by atoms with van der Waals surface area (Å²) in [6.45, 7) is 3.48. The molecule has 1 aromatic carbocycles. The molecule has 6 heteroatoms. The minimum absolute atomic E-state index is 0.576. The van der Waals surface area contributed by atoms with Crippen molar-refractivity contribution in [1.29, 1.82) is 0 Å². The minimum Gasteiger partial charge on any atom is -0.495 e. The lowest BCUT2D eigenvalue weighted by molar-refractivity contribution is 0.197. The first-order valence-electron chi connectivity index (χ1n) is 6.78. The maximum atomic E-state index is 6.19. The first-order valence-corrected chi connectivity index (χ1v) is 7.16. The summed E-state index contributed by atoms with van der Waals surface area (Å²) in [5.41, 5.74) is 1.88. The Kier molecular flexibility index (Phi) is 5.47. The second-order valence-electron chi connectivity index (χ2n) is 4.67. The molecule has 1 aromatic heterocycles. The maximum absolute atomic E-state index is 6.19. The van der Waals surface area contributed by atoms with E-state index in [2.05, 4.69) is 10.3 Å². The number of rotatable bonds is 7. The first-order chi connectivity index (χ1) is 10.2. The van der Waals surface area contributed by atoms with Gasteiger partial charge in [-0.2, -0.15) is 0 Å². The number of hydrogen-bond donors (Lipinski definition) is 1. The van der Waals surface area contributed by atoms with Crippen LogP contribution in [-0.4, -0.2) is 36.9 Å². The lowest BCUT2D eigenvalue weighted by Crippen LogP contribution is -2.09. The molecule has 0 atom stereocenters.